The van der Waals surface area contributed by atoms with Gasteiger partial charge in [-0.15, -0.1) is 0 Å². The third-order valence-electron chi connectivity index (χ3n) is 11.1. The molecular weight excluding hydrogens is 797 g/mol. The molecule has 63 heavy (non-hydrogen) atoms. The molecule has 1 N–H and O–H groups in total. The maximum atomic E-state index is 12.0. The number of aliphatic hydroxyl groups is 1. The summed E-state index contributed by atoms with van der Waals surface area (Å²) in [6.07, 6.45) is -7.86. The van der Waals surface area contributed by atoms with E-state index in [1.54, 1.807) is 0 Å². The number of benzene rings is 6. The van der Waals surface area contributed by atoms with Gasteiger partial charge in [0.1, 0.15) is 42.7 Å². The van der Waals surface area contributed by atoms with Crippen LogP contribution in [0, 0.1) is 0 Å². The lowest BCUT2D eigenvalue weighted by molar-refractivity contribution is -0.343. The molecule has 0 aromatic heterocycles. The van der Waals surface area contributed by atoms with Crippen molar-refractivity contribution in [3.63, 3.8) is 0 Å². The molecule has 0 unspecified atom stereocenters. The van der Waals surface area contributed by atoms with E-state index >= 15 is 0 Å². The van der Waals surface area contributed by atoms with E-state index in [-0.39, 0.29) is 33.0 Å². The summed E-state index contributed by atoms with van der Waals surface area (Å²) in [4.78, 5) is 0. The minimum atomic E-state index is -1.46. The van der Waals surface area contributed by atoms with Crippen molar-refractivity contribution in [3.05, 3.63) is 215 Å². The Morgan fingerprint density at radius 2 is 0.635 bits per heavy atom. The Hall–Kier alpha value is -5.08. The van der Waals surface area contributed by atoms with E-state index in [4.69, 9.17) is 42.6 Å². The molecular formula is C53H56O10. The Labute approximate surface area is 370 Å². The molecule has 10 nitrogen and oxygen atoms in total. The van der Waals surface area contributed by atoms with Crippen LogP contribution in [0.5, 0.6) is 0 Å². The van der Waals surface area contributed by atoms with Crippen LogP contribution in [-0.2, 0) is 82.3 Å². The topological polar surface area (TPSA) is 103 Å². The minimum absolute atomic E-state index is 0.127. The predicted molar refractivity (Wildman–Crippen MR) is 237 cm³/mol. The molecule has 0 saturated carbocycles. The summed E-state index contributed by atoms with van der Waals surface area (Å²) in [5.74, 6) is 0. The van der Waals surface area contributed by atoms with Gasteiger partial charge in [-0.2, -0.15) is 0 Å². The second-order valence-corrected chi connectivity index (χ2v) is 15.8. The Morgan fingerprint density at radius 1 is 0.333 bits per heavy atom. The van der Waals surface area contributed by atoms with Gasteiger partial charge in [0.05, 0.1) is 52.9 Å². The fourth-order valence-electron chi connectivity index (χ4n) is 7.83. The van der Waals surface area contributed by atoms with E-state index in [2.05, 4.69) is 0 Å². The molecule has 8 rings (SSSR count). The van der Waals surface area contributed by atoms with Crippen molar-refractivity contribution in [2.24, 2.45) is 0 Å². The standard InChI is InChI=1S/C53H56O10/c54-52-50(49(59-35-43-27-15-5-16-28-43)47(57-33-41-23-11-3-12-24-41)45(61-52)37-55-31-39-19-7-1-8-20-39)63-53-51(60-36-44-29-17-6-18-30-44)48(58-34-42-25-13-4-14-26-42)46(62-53)38-56-32-40-21-9-2-10-22-40/h1-30,45-54H,31-38H2/t45-,46-,47-,48-,49+,50-,51+,52+,53+/m1/s1. The first-order valence-corrected chi connectivity index (χ1v) is 21.7. The molecule has 10 heteroatoms. The van der Waals surface area contributed by atoms with Crippen molar-refractivity contribution >= 4 is 0 Å². The van der Waals surface area contributed by atoms with Crippen LogP contribution in [-0.4, -0.2) is 73.6 Å². The summed E-state index contributed by atoms with van der Waals surface area (Å²) in [7, 11) is 0. The molecule has 0 bridgehead atoms. The van der Waals surface area contributed by atoms with Crippen molar-refractivity contribution in [3.8, 4) is 0 Å². The van der Waals surface area contributed by atoms with Crippen LogP contribution in [0.3, 0.4) is 0 Å². The molecule has 0 radical (unpaired) electrons. The van der Waals surface area contributed by atoms with Crippen LogP contribution in [0.2, 0.25) is 0 Å². The molecule has 6 aromatic rings. The average Bonchev–Trinajstić information content (AvgIpc) is 3.66. The van der Waals surface area contributed by atoms with Gasteiger partial charge in [0.2, 0.25) is 0 Å². The second kappa shape index (κ2) is 23.6. The Balaban J connectivity index is 1.09. The van der Waals surface area contributed by atoms with E-state index in [0.717, 1.165) is 33.4 Å². The highest BCUT2D eigenvalue weighted by atomic mass is 16.8. The maximum Gasteiger partial charge on any atom is 0.187 e. The lowest BCUT2D eigenvalue weighted by Crippen LogP contribution is -2.62. The zero-order chi connectivity index (χ0) is 42.9. The van der Waals surface area contributed by atoms with E-state index < -0.39 is 55.3 Å². The van der Waals surface area contributed by atoms with Crippen molar-refractivity contribution < 1.29 is 47.7 Å². The molecule has 0 aliphatic carbocycles. The summed E-state index contributed by atoms with van der Waals surface area (Å²) in [5, 5.41) is 12.0. The van der Waals surface area contributed by atoms with Crippen molar-refractivity contribution in [1.82, 2.24) is 0 Å². The molecule has 2 aliphatic rings. The normalized spacial score (nSPS) is 24.6. The summed E-state index contributed by atoms with van der Waals surface area (Å²) < 4.78 is 59.7. The van der Waals surface area contributed by atoms with Crippen LogP contribution in [0.15, 0.2) is 182 Å². The molecule has 2 aliphatic heterocycles. The van der Waals surface area contributed by atoms with Crippen LogP contribution >= 0.6 is 0 Å². The number of rotatable bonds is 22. The lowest BCUT2D eigenvalue weighted by atomic mass is 9.97. The van der Waals surface area contributed by atoms with Gasteiger partial charge in [-0.25, -0.2) is 0 Å². The van der Waals surface area contributed by atoms with Gasteiger partial charge in [0.15, 0.2) is 12.6 Å². The third-order valence-corrected chi connectivity index (χ3v) is 11.1. The third kappa shape index (κ3) is 13.0. The Bertz CT molecular complexity index is 2150. The molecule has 0 spiro atoms. The summed E-state index contributed by atoms with van der Waals surface area (Å²) in [6.45, 7) is 2.11. The first kappa shape index (κ1) is 44.5. The van der Waals surface area contributed by atoms with Crippen molar-refractivity contribution in [2.45, 2.75) is 94.9 Å². The molecule has 0 amide bonds. The Kier molecular flexibility index (Phi) is 16.7. The fraction of sp³-hybridized carbons (Fsp3) is 0.321. The summed E-state index contributed by atoms with van der Waals surface area (Å²) in [6, 6.07) is 59.6. The van der Waals surface area contributed by atoms with Crippen molar-refractivity contribution in [1.29, 1.82) is 0 Å². The van der Waals surface area contributed by atoms with Gasteiger partial charge in [-0.1, -0.05) is 182 Å². The second-order valence-electron chi connectivity index (χ2n) is 15.8. The summed E-state index contributed by atoms with van der Waals surface area (Å²) >= 11 is 0. The molecule has 328 valence electrons. The monoisotopic (exact) mass is 852 g/mol. The highest BCUT2D eigenvalue weighted by Crippen LogP contribution is 2.35. The largest absolute Gasteiger partial charge is 0.374 e. The van der Waals surface area contributed by atoms with Crippen molar-refractivity contribution in [2.75, 3.05) is 13.2 Å². The van der Waals surface area contributed by atoms with E-state index in [9.17, 15) is 5.11 Å². The first-order valence-electron chi connectivity index (χ1n) is 21.7. The predicted octanol–water partition coefficient (Wildman–Crippen LogP) is 8.59. The van der Waals surface area contributed by atoms with Crippen LogP contribution in [0.1, 0.15) is 33.4 Å². The number of hydrogen-bond donors (Lipinski definition) is 1. The van der Waals surface area contributed by atoms with Gasteiger partial charge in [0.25, 0.3) is 0 Å². The Morgan fingerprint density at radius 3 is 1.02 bits per heavy atom. The molecule has 9 atom stereocenters. The van der Waals surface area contributed by atoms with Crippen LogP contribution in [0.25, 0.3) is 0 Å². The maximum absolute atomic E-state index is 12.0. The zero-order valence-corrected chi connectivity index (χ0v) is 35.3. The number of hydrogen-bond acceptors (Lipinski definition) is 10. The lowest BCUT2D eigenvalue weighted by Gasteiger charge is -2.45. The van der Waals surface area contributed by atoms with E-state index in [0.29, 0.717) is 19.8 Å². The summed E-state index contributed by atoms with van der Waals surface area (Å²) in [5.41, 5.74) is 5.93. The highest BCUT2D eigenvalue weighted by Gasteiger charge is 2.53. The van der Waals surface area contributed by atoms with Gasteiger partial charge in [-0.3, -0.25) is 0 Å². The van der Waals surface area contributed by atoms with Crippen LogP contribution < -0.4 is 0 Å². The smallest absolute Gasteiger partial charge is 0.187 e. The van der Waals surface area contributed by atoms with Gasteiger partial charge in [0, 0.05) is 0 Å². The van der Waals surface area contributed by atoms with E-state index in [1.165, 1.54) is 0 Å². The molecule has 2 saturated heterocycles. The van der Waals surface area contributed by atoms with Gasteiger partial charge >= 0.3 is 0 Å². The quantitative estimate of drug-likeness (QED) is 0.0715. The molecule has 6 aromatic carbocycles. The number of ether oxygens (including phenoxy) is 9. The fourth-order valence-corrected chi connectivity index (χ4v) is 7.83. The van der Waals surface area contributed by atoms with Gasteiger partial charge < -0.3 is 47.7 Å². The first-order chi connectivity index (χ1) is 31.2. The SMILES string of the molecule is O[C@H]1O[C@H](COCc2ccccc2)[C@@H](OCc2ccccc2)[C@H](OCc2ccccc2)[C@H]1O[C@@H]1O[C@H](COCc2ccccc2)[C@@H](OCc2ccccc2)[C@@H]1OCc1ccccc1. The highest BCUT2D eigenvalue weighted by molar-refractivity contribution is 5.18. The molecule has 2 fully saturated rings. The van der Waals surface area contributed by atoms with Gasteiger partial charge in [-0.05, 0) is 33.4 Å². The zero-order valence-electron chi connectivity index (χ0n) is 35.3. The molecule has 2 heterocycles. The number of aliphatic hydroxyl groups excluding tert-OH is 1. The van der Waals surface area contributed by atoms with Crippen LogP contribution in [0.4, 0.5) is 0 Å². The van der Waals surface area contributed by atoms with E-state index in [1.807, 2.05) is 182 Å². The average molecular weight is 853 g/mol. The minimum Gasteiger partial charge on any atom is -0.374 e.